The number of benzene rings is 2. The van der Waals surface area contributed by atoms with Crippen LogP contribution in [0.25, 0.3) is 11.1 Å². The summed E-state index contributed by atoms with van der Waals surface area (Å²) in [5.41, 5.74) is 3.13. The van der Waals surface area contributed by atoms with E-state index in [0.717, 1.165) is 16.7 Å². The molecule has 0 aromatic heterocycles. The van der Waals surface area contributed by atoms with E-state index in [1.807, 2.05) is 54.6 Å². The normalized spacial score (nSPS) is 16.9. The average molecular weight is 337 g/mol. The lowest BCUT2D eigenvalue weighted by Crippen LogP contribution is -2.30. The SMILES string of the molecule is CC1=CC(O)C(O)=C(C(=O)NCc2ccc(-c3ccccc3)cc2)O1. The van der Waals surface area contributed by atoms with E-state index in [1.165, 1.54) is 6.08 Å². The lowest BCUT2D eigenvalue weighted by molar-refractivity contribution is -0.121. The van der Waals surface area contributed by atoms with Crippen molar-refractivity contribution in [3.63, 3.8) is 0 Å². The van der Waals surface area contributed by atoms with E-state index in [2.05, 4.69) is 5.32 Å². The molecule has 5 heteroatoms. The Morgan fingerprint density at radius 1 is 1.08 bits per heavy atom. The lowest BCUT2D eigenvalue weighted by atomic mass is 10.0. The molecule has 0 saturated carbocycles. The largest absolute Gasteiger partial charge is 0.506 e. The van der Waals surface area contributed by atoms with Crippen molar-refractivity contribution >= 4 is 5.91 Å². The molecule has 0 bridgehead atoms. The van der Waals surface area contributed by atoms with E-state index in [0.29, 0.717) is 5.76 Å². The molecule has 0 fully saturated rings. The summed E-state index contributed by atoms with van der Waals surface area (Å²) < 4.78 is 5.21. The second kappa shape index (κ2) is 7.23. The monoisotopic (exact) mass is 337 g/mol. The molecule has 128 valence electrons. The number of rotatable bonds is 4. The first-order valence-corrected chi connectivity index (χ1v) is 7.94. The van der Waals surface area contributed by atoms with Crippen LogP contribution in [-0.2, 0) is 16.1 Å². The third-order valence-electron chi connectivity index (χ3n) is 3.89. The van der Waals surface area contributed by atoms with Crippen molar-refractivity contribution in [2.24, 2.45) is 0 Å². The van der Waals surface area contributed by atoms with Gasteiger partial charge in [0.25, 0.3) is 5.91 Å². The van der Waals surface area contributed by atoms with Crippen LogP contribution in [0, 0.1) is 0 Å². The van der Waals surface area contributed by atoms with Crippen molar-refractivity contribution in [1.29, 1.82) is 0 Å². The second-order valence-corrected chi connectivity index (χ2v) is 5.78. The van der Waals surface area contributed by atoms with Gasteiger partial charge >= 0.3 is 0 Å². The Balaban J connectivity index is 1.64. The fourth-order valence-corrected chi connectivity index (χ4v) is 2.55. The summed E-state index contributed by atoms with van der Waals surface area (Å²) in [7, 11) is 0. The molecule has 1 unspecified atom stereocenters. The molecular weight excluding hydrogens is 318 g/mol. The van der Waals surface area contributed by atoms with Gasteiger partial charge in [-0.15, -0.1) is 0 Å². The van der Waals surface area contributed by atoms with Gasteiger partial charge in [0.1, 0.15) is 11.9 Å². The molecule has 2 aromatic carbocycles. The molecule has 1 atom stereocenters. The maximum atomic E-state index is 12.2. The standard InChI is InChI=1S/C20H19NO4/c1-13-11-17(22)18(23)19(25-13)20(24)21-12-14-7-9-16(10-8-14)15-5-3-2-4-6-15/h2-11,17,22-23H,12H2,1H3,(H,21,24). The molecule has 0 radical (unpaired) electrons. The van der Waals surface area contributed by atoms with Crippen LogP contribution in [0.15, 0.2) is 78.0 Å². The molecule has 1 aliphatic rings. The minimum absolute atomic E-state index is 0.270. The van der Waals surface area contributed by atoms with Gasteiger partial charge in [0.2, 0.25) is 5.76 Å². The fourth-order valence-electron chi connectivity index (χ4n) is 2.55. The molecule has 25 heavy (non-hydrogen) atoms. The first-order chi connectivity index (χ1) is 12.0. The highest BCUT2D eigenvalue weighted by Gasteiger charge is 2.26. The number of aliphatic hydroxyl groups excluding tert-OH is 2. The predicted molar refractivity (Wildman–Crippen MR) is 94.2 cm³/mol. The molecule has 1 heterocycles. The van der Waals surface area contributed by atoms with E-state index in [9.17, 15) is 15.0 Å². The van der Waals surface area contributed by atoms with Crippen LogP contribution in [0.3, 0.4) is 0 Å². The third-order valence-corrected chi connectivity index (χ3v) is 3.89. The van der Waals surface area contributed by atoms with Gasteiger partial charge in [-0.25, -0.2) is 0 Å². The highest BCUT2D eigenvalue weighted by molar-refractivity contribution is 5.92. The van der Waals surface area contributed by atoms with E-state index in [-0.39, 0.29) is 12.3 Å². The summed E-state index contributed by atoms with van der Waals surface area (Å²) in [4.78, 5) is 12.2. The fraction of sp³-hybridized carbons (Fsp3) is 0.150. The first-order valence-electron chi connectivity index (χ1n) is 7.94. The zero-order chi connectivity index (χ0) is 17.8. The van der Waals surface area contributed by atoms with E-state index >= 15 is 0 Å². The summed E-state index contributed by atoms with van der Waals surface area (Å²) in [6.45, 7) is 1.89. The number of carbonyl (C=O) groups is 1. The van der Waals surface area contributed by atoms with Gasteiger partial charge in [0.15, 0.2) is 5.76 Å². The number of amides is 1. The molecule has 0 spiro atoms. The Kier molecular flexibility index (Phi) is 4.86. The van der Waals surface area contributed by atoms with Gasteiger partial charge in [0, 0.05) is 6.54 Å². The first kappa shape index (κ1) is 16.8. The molecule has 3 rings (SSSR count). The summed E-state index contributed by atoms with van der Waals surface area (Å²) in [5, 5.41) is 22.1. The lowest BCUT2D eigenvalue weighted by Gasteiger charge is -2.19. The maximum Gasteiger partial charge on any atom is 0.290 e. The number of nitrogens with one attached hydrogen (secondary N) is 1. The number of hydrogen-bond acceptors (Lipinski definition) is 4. The zero-order valence-corrected chi connectivity index (χ0v) is 13.8. The van der Waals surface area contributed by atoms with Gasteiger partial charge in [-0.3, -0.25) is 4.79 Å². The zero-order valence-electron chi connectivity index (χ0n) is 13.8. The Labute approximate surface area is 145 Å². The van der Waals surface area contributed by atoms with Gasteiger partial charge in [-0.1, -0.05) is 54.6 Å². The van der Waals surface area contributed by atoms with Crippen molar-refractivity contribution in [3.8, 4) is 11.1 Å². The Morgan fingerprint density at radius 3 is 2.40 bits per heavy atom. The molecule has 3 N–H and O–H groups in total. The van der Waals surface area contributed by atoms with Crippen LogP contribution in [0.5, 0.6) is 0 Å². The van der Waals surface area contributed by atoms with Crippen molar-refractivity contribution < 1.29 is 19.7 Å². The van der Waals surface area contributed by atoms with Crippen LogP contribution in [0.4, 0.5) is 0 Å². The van der Waals surface area contributed by atoms with Gasteiger partial charge in [0.05, 0.1) is 0 Å². The van der Waals surface area contributed by atoms with Crippen LogP contribution < -0.4 is 5.32 Å². The molecular formula is C20H19NO4. The van der Waals surface area contributed by atoms with Crippen molar-refractivity contribution in [2.75, 3.05) is 0 Å². The smallest absolute Gasteiger partial charge is 0.290 e. The van der Waals surface area contributed by atoms with Crippen LogP contribution >= 0.6 is 0 Å². The highest BCUT2D eigenvalue weighted by Crippen LogP contribution is 2.21. The molecule has 0 aliphatic carbocycles. The van der Waals surface area contributed by atoms with Crippen molar-refractivity contribution in [1.82, 2.24) is 5.32 Å². The number of hydrogen-bond donors (Lipinski definition) is 3. The highest BCUT2D eigenvalue weighted by atomic mass is 16.5. The van der Waals surface area contributed by atoms with Crippen LogP contribution in [0.2, 0.25) is 0 Å². The Morgan fingerprint density at radius 2 is 1.72 bits per heavy atom. The van der Waals surface area contributed by atoms with E-state index < -0.39 is 17.8 Å². The second-order valence-electron chi connectivity index (χ2n) is 5.78. The van der Waals surface area contributed by atoms with Crippen molar-refractivity contribution in [2.45, 2.75) is 19.6 Å². The summed E-state index contributed by atoms with van der Waals surface area (Å²) in [6, 6.07) is 17.8. The predicted octanol–water partition coefficient (Wildman–Crippen LogP) is 3.03. The maximum absolute atomic E-state index is 12.2. The van der Waals surface area contributed by atoms with E-state index in [4.69, 9.17) is 4.74 Å². The Bertz CT molecular complexity index is 823. The molecule has 1 aliphatic heterocycles. The minimum Gasteiger partial charge on any atom is -0.506 e. The van der Waals surface area contributed by atoms with Crippen LogP contribution in [0.1, 0.15) is 12.5 Å². The number of aliphatic hydroxyl groups is 2. The van der Waals surface area contributed by atoms with Crippen LogP contribution in [-0.4, -0.2) is 22.2 Å². The number of ether oxygens (including phenoxy) is 1. The summed E-state index contributed by atoms with van der Waals surface area (Å²) in [6.07, 6.45) is 0.105. The quantitative estimate of drug-likeness (QED) is 0.801. The molecule has 0 saturated heterocycles. The molecule has 1 amide bonds. The average Bonchev–Trinajstić information content (AvgIpc) is 2.64. The summed E-state index contributed by atoms with van der Waals surface area (Å²) >= 11 is 0. The number of allylic oxidation sites excluding steroid dienone is 1. The van der Waals surface area contributed by atoms with Crippen molar-refractivity contribution in [3.05, 3.63) is 83.5 Å². The van der Waals surface area contributed by atoms with E-state index in [1.54, 1.807) is 6.92 Å². The van der Waals surface area contributed by atoms with Gasteiger partial charge in [-0.2, -0.15) is 0 Å². The summed E-state index contributed by atoms with van der Waals surface area (Å²) in [5.74, 6) is -0.963. The van der Waals surface area contributed by atoms with Gasteiger partial charge in [-0.05, 0) is 29.7 Å². The third kappa shape index (κ3) is 3.89. The molecule has 5 nitrogen and oxygen atoms in total. The topological polar surface area (TPSA) is 78.8 Å². The molecule has 2 aromatic rings. The Hall–Kier alpha value is -3.05. The minimum atomic E-state index is -1.22. The van der Waals surface area contributed by atoms with Gasteiger partial charge < -0.3 is 20.3 Å². The number of carbonyl (C=O) groups excluding carboxylic acids is 1.